The minimum atomic E-state index is -0.902. The van der Waals surface area contributed by atoms with Crippen molar-refractivity contribution < 1.29 is 18.4 Å². The van der Waals surface area contributed by atoms with Gasteiger partial charge >= 0.3 is 5.69 Å². The lowest BCUT2D eigenvalue weighted by molar-refractivity contribution is -0.119. The van der Waals surface area contributed by atoms with Gasteiger partial charge in [-0.05, 0) is 26.8 Å². The average Bonchev–Trinajstić information content (AvgIpc) is 2.66. The van der Waals surface area contributed by atoms with Crippen molar-refractivity contribution in [2.24, 2.45) is 5.73 Å². The maximum Gasteiger partial charge on any atom is 0.332 e. The van der Waals surface area contributed by atoms with E-state index < -0.39 is 52.5 Å². The van der Waals surface area contributed by atoms with E-state index in [1.54, 1.807) is 13.8 Å². The normalized spacial score (nSPS) is 11.3. The Hall–Kier alpha value is -3.34. The molecule has 11 heteroatoms. The Labute approximate surface area is 176 Å². The van der Waals surface area contributed by atoms with E-state index in [0.717, 1.165) is 21.3 Å². The molecule has 0 aliphatic heterocycles. The summed E-state index contributed by atoms with van der Waals surface area (Å²) in [7, 11) is 0. The van der Waals surface area contributed by atoms with Crippen LogP contribution in [-0.2, 0) is 17.9 Å². The zero-order chi connectivity index (χ0) is 23.5. The van der Waals surface area contributed by atoms with E-state index in [4.69, 9.17) is 11.5 Å². The zero-order valence-electron chi connectivity index (χ0n) is 17.5. The van der Waals surface area contributed by atoms with Gasteiger partial charge in [0, 0.05) is 24.2 Å². The summed E-state index contributed by atoms with van der Waals surface area (Å²) in [5, 5.41) is 0. The van der Waals surface area contributed by atoms with E-state index >= 15 is 0 Å². The number of anilines is 1. The van der Waals surface area contributed by atoms with Crippen molar-refractivity contribution >= 4 is 17.5 Å². The van der Waals surface area contributed by atoms with Gasteiger partial charge in [0.1, 0.15) is 23.0 Å². The maximum atomic E-state index is 14.1. The Balaban J connectivity index is 2.59. The molecule has 0 saturated heterocycles. The molecule has 0 atom stereocenters. The van der Waals surface area contributed by atoms with Crippen LogP contribution in [0.4, 0.5) is 14.6 Å². The molecule has 168 valence electrons. The molecule has 1 heterocycles. The maximum absolute atomic E-state index is 14.1. The van der Waals surface area contributed by atoms with Crippen molar-refractivity contribution in [3.05, 3.63) is 61.8 Å². The molecule has 0 radical (unpaired) electrons. The summed E-state index contributed by atoms with van der Waals surface area (Å²) < 4.78 is 29.0. The number of ketones is 1. The van der Waals surface area contributed by atoms with Gasteiger partial charge < -0.3 is 11.5 Å². The first-order valence-corrected chi connectivity index (χ1v) is 9.60. The van der Waals surface area contributed by atoms with E-state index in [1.165, 1.54) is 11.8 Å². The van der Waals surface area contributed by atoms with Crippen molar-refractivity contribution in [2.75, 3.05) is 18.8 Å². The second-order valence-corrected chi connectivity index (χ2v) is 7.30. The number of nitrogen functional groups attached to an aromatic ring is 1. The molecular weight excluding hydrogens is 412 g/mol. The van der Waals surface area contributed by atoms with Crippen LogP contribution in [0.2, 0.25) is 0 Å². The monoisotopic (exact) mass is 437 g/mol. The molecule has 31 heavy (non-hydrogen) atoms. The smallest absolute Gasteiger partial charge is 0.332 e. The minimum Gasteiger partial charge on any atom is -0.384 e. The van der Waals surface area contributed by atoms with E-state index in [0.29, 0.717) is 6.07 Å². The van der Waals surface area contributed by atoms with Crippen LogP contribution in [0.3, 0.4) is 0 Å². The molecule has 0 aliphatic rings. The fourth-order valence-corrected chi connectivity index (χ4v) is 3.11. The second kappa shape index (κ2) is 9.65. The Morgan fingerprint density at radius 2 is 1.77 bits per heavy atom. The van der Waals surface area contributed by atoms with Crippen LogP contribution < -0.4 is 22.7 Å². The summed E-state index contributed by atoms with van der Waals surface area (Å²) >= 11 is 0. The molecule has 0 bridgehead atoms. The third kappa shape index (κ3) is 5.23. The van der Waals surface area contributed by atoms with Crippen LogP contribution in [-0.4, -0.2) is 44.9 Å². The van der Waals surface area contributed by atoms with Gasteiger partial charge in [0.15, 0.2) is 5.78 Å². The number of carbonyl (C=O) groups excluding carboxylic acids is 2. The number of primary amides is 1. The summed E-state index contributed by atoms with van der Waals surface area (Å²) in [6, 6.07) is 2.58. The SMILES string of the molecule is CCn1c(=O)c(C(=O)CN(CC(N)=O)C(C)C)c(N)n(Cc2ccc(F)cc2F)c1=O. The molecule has 2 aromatic rings. The van der Waals surface area contributed by atoms with Crippen molar-refractivity contribution in [1.29, 1.82) is 0 Å². The molecule has 9 nitrogen and oxygen atoms in total. The summed E-state index contributed by atoms with van der Waals surface area (Å²) in [6.07, 6.45) is 0. The lowest BCUT2D eigenvalue weighted by atomic mass is 10.1. The number of hydrogen-bond acceptors (Lipinski definition) is 6. The molecule has 4 N–H and O–H groups in total. The van der Waals surface area contributed by atoms with E-state index in [2.05, 4.69) is 0 Å². The molecular formula is C20H25F2N5O4. The van der Waals surface area contributed by atoms with Crippen molar-refractivity contribution in [3.8, 4) is 0 Å². The number of Topliss-reactive ketones (excluding diaryl/α,β-unsaturated/α-hetero) is 1. The Morgan fingerprint density at radius 3 is 2.29 bits per heavy atom. The van der Waals surface area contributed by atoms with Gasteiger partial charge in [0.25, 0.3) is 5.56 Å². The fourth-order valence-electron chi connectivity index (χ4n) is 3.11. The largest absolute Gasteiger partial charge is 0.384 e. The second-order valence-electron chi connectivity index (χ2n) is 7.30. The summed E-state index contributed by atoms with van der Waals surface area (Å²) in [4.78, 5) is 51.2. The van der Waals surface area contributed by atoms with Crippen LogP contribution in [0, 0.1) is 11.6 Å². The summed E-state index contributed by atoms with van der Waals surface area (Å²) in [5.41, 5.74) is 9.02. The van der Waals surface area contributed by atoms with Gasteiger partial charge in [0.2, 0.25) is 5.91 Å². The number of amides is 1. The number of benzene rings is 1. The molecule has 0 unspecified atom stereocenters. The molecule has 0 fully saturated rings. The predicted octanol–water partition coefficient (Wildman–Crippen LogP) is 0.317. The molecule has 0 spiro atoms. The summed E-state index contributed by atoms with van der Waals surface area (Å²) in [5.74, 6) is -3.50. The number of carbonyl (C=O) groups is 2. The Bertz CT molecular complexity index is 1120. The number of rotatable bonds is 9. The van der Waals surface area contributed by atoms with E-state index in [-0.39, 0.29) is 31.2 Å². The molecule has 0 aliphatic carbocycles. The van der Waals surface area contributed by atoms with E-state index in [9.17, 15) is 28.0 Å². The van der Waals surface area contributed by atoms with Gasteiger partial charge in [0.05, 0.1) is 19.6 Å². The van der Waals surface area contributed by atoms with Crippen LogP contribution in [0.5, 0.6) is 0 Å². The lowest BCUT2D eigenvalue weighted by Gasteiger charge is -2.24. The van der Waals surface area contributed by atoms with Crippen molar-refractivity contribution in [2.45, 2.75) is 39.9 Å². The molecule has 1 amide bonds. The van der Waals surface area contributed by atoms with Crippen molar-refractivity contribution in [3.63, 3.8) is 0 Å². The number of halogens is 2. The van der Waals surface area contributed by atoms with Gasteiger partial charge in [-0.25, -0.2) is 13.6 Å². The predicted molar refractivity (Wildman–Crippen MR) is 111 cm³/mol. The topological polar surface area (TPSA) is 133 Å². The number of nitrogens with two attached hydrogens (primary N) is 2. The standard InChI is InChI=1S/C20H25F2N5O4/c1-4-26-19(30)17(15(28)9-25(11(2)3)10-16(23)29)18(24)27(20(26)31)8-12-5-6-13(21)7-14(12)22/h5-7,11H,4,8-10,24H2,1-3H3,(H2,23,29). The molecule has 2 rings (SSSR count). The van der Waals surface area contributed by atoms with Crippen LogP contribution in [0.15, 0.2) is 27.8 Å². The van der Waals surface area contributed by atoms with Gasteiger partial charge in [-0.3, -0.25) is 28.4 Å². The lowest BCUT2D eigenvalue weighted by Crippen LogP contribution is -2.47. The first kappa shape index (κ1) is 23.9. The minimum absolute atomic E-state index is 0.0487. The molecule has 0 saturated carbocycles. The molecule has 1 aromatic carbocycles. The highest BCUT2D eigenvalue weighted by Gasteiger charge is 2.25. The number of aromatic nitrogens is 2. The quantitative estimate of drug-likeness (QED) is 0.543. The van der Waals surface area contributed by atoms with Crippen LogP contribution in [0.1, 0.15) is 36.7 Å². The van der Waals surface area contributed by atoms with Gasteiger partial charge in [-0.15, -0.1) is 0 Å². The van der Waals surface area contributed by atoms with E-state index in [1.807, 2.05) is 0 Å². The molecule has 1 aromatic heterocycles. The van der Waals surface area contributed by atoms with Crippen LogP contribution >= 0.6 is 0 Å². The highest BCUT2D eigenvalue weighted by molar-refractivity contribution is 6.01. The average molecular weight is 437 g/mol. The first-order chi connectivity index (χ1) is 14.5. The Morgan fingerprint density at radius 1 is 1.13 bits per heavy atom. The third-order valence-electron chi connectivity index (χ3n) is 4.84. The van der Waals surface area contributed by atoms with Gasteiger partial charge in [-0.1, -0.05) is 6.07 Å². The number of hydrogen-bond donors (Lipinski definition) is 2. The highest BCUT2D eigenvalue weighted by atomic mass is 19.1. The van der Waals surface area contributed by atoms with Gasteiger partial charge in [-0.2, -0.15) is 0 Å². The van der Waals surface area contributed by atoms with Crippen LogP contribution in [0.25, 0.3) is 0 Å². The zero-order valence-corrected chi connectivity index (χ0v) is 17.5. The number of nitrogens with zero attached hydrogens (tertiary/aromatic N) is 3. The first-order valence-electron chi connectivity index (χ1n) is 9.60. The van der Waals surface area contributed by atoms with Crippen molar-refractivity contribution in [1.82, 2.24) is 14.0 Å². The fraction of sp³-hybridized carbons (Fsp3) is 0.400. The Kier molecular flexibility index (Phi) is 7.45. The summed E-state index contributed by atoms with van der Waals surface area (Å²) in [6.45, 7) is 3.98. The highest BCUT2D eigenvalue weighted by Crippen LogP contribution is 2.14. The third-order valence-corrected chi connectivity index (χ3v) is 4.84.